The van der Waals surface area contributed by atoms with Crippen molar-refractivity contribution in [2.45, 2.75) is 26.9 Å². The van der Waals surface area contributed by atoms with Crippen LogP contribution in [0.1, 0.15) is 22.3 Å². The molecule has 0 saturated heterocycles. The first kappa shape index (κ1) is 15.5. The van der Waals surface area contributed by atoms with Gasteiger partial charge in [-0.1, -0.05) is 54.1 Å². The number of aryl methyl sites for hydroxylation is 2. The number of hydrogen-bond acceptors (Lipinski definition) is 1. The van der Waals surface area contributed by atoms with Crippen molar-refractivity contribution in [2.75, 3.05) is 7.05 Å². The lowest BCUT2D eigenvalue weighted by Crippen LogP contribution is -2.36. The van der Waals surface area contributed by atoms with Gasteiger partial charge in [0.15, 0.2) is 5.11 Å². The normalized spacial score (nSPS) is 10.2. The zero-order valence-electron chi connectivity index (χ0n) is 12.9. The molecule has 2 aromatic rings. The molecule has 1 N–H and O–H groups in total. The summed E-state index contributed by atoms with van der Waals surface area (Å²) in [7, 11) is 2.03. The Morgan fingerprint density at radius 2 is 1.81 bits per heavy atom. The third-order valence-electron chi connectivity index (χ3n) is 3.54. The lowest BCUT2D eigenvalue weighted by molar-refractivity contribution is 0.487. The van der Waals surface area contributed by atoms with Gasteiger partial charge in [-0.2, -0.15) is 0 Å². The second kappa shape index (κ2) is 7.23. The van der Waals surface area contributed by atoms with Crippen LogP contribution in [0.3, 0.4) is 0 Å². The van der Waals surface area contributed by atoms with E-state index in [-0.39, 0.29) is 0 Å². The molecule has 2 nitrogen and oxygen atoms in total. The van der Waals surface area contributed by atoms with Crippen LogP contribution in [0.25, 0.3) is 0 Å². The van der Waals surface area contributed by atoms with Crippen molar-refractivity contribution in [2.24, 2.45) is 0 Å². The Morgan fingerprint density at radius 1 is 1.10 bits per heavy atom. The van der Waals surface area contributed by atoms with Gasteiger partial charge < -0.3 is 10.2 Å². The molecule has 21 heavy (non-hydrogen) atoms. The molecule has 2 aromatic carbocycles. The zero-order chi connectivity index (χ0) is 15.2. The van der Waals surface area contributed by atoms with E-state index < -0.39 is 0 Å². The van der Waals surface area contributed by atoms with E-state index in [9.17, 15) is 0 Å². The third-order valence-corrected chi connectivity index (χ3v) is 3.99. The van der Waals surface area contributed by atoms with Crippen LogP contribution < -0.4 is 5.32 Å². The molecule has 0 aliphatic heterocycles. The van der Waals surface area contributed by atoms with Gasteiger partial charge in [0.25, 0.3) is 0 Å². The molecule has 0 spiro atoms. The molecule has 3 heteroatoms. The van der Waals surface area contributed by atoms with Crippen molar-refractivity contribution in [1.29, 1.82) is 0 Å². The van der Waals surface area contributed by atoms with E-state index in [1.54, 1.807) is 0 Å². The molecule has 0 aromatic heterocycles. The quantitative estimate of drug-likeness (QED) is 0.864. The maximum absolute atomic E-state index is 5.46. The Kier molecular flexibility index (Phi) is 5.34. The van der Waals surface area contributed by atoms with Crippen molar-refractivity contribution in [1.82, 2.24) is 10.2 Å². The molecular weight excluding hydrogens is 276 g/mol. The minimum absolute atomic E-state index is 0.761. The summed E-state index contributed by atoms with van der Waals surface area (Å²) in [5.74, 6) is 0. The Bertz CT molecular complexity index is 608. The summed E-state index contributed by atoms with van der Waals surface area (Å²) in [5.41, 5.74) is 5.16. The van der Waals surface area contributed by atoms with Crippen LogP contribution in [-0.4, -0.2) is 17.1 Å². The third kappa shape index (κ3) is 4.57. The standard InChI is InChI=1S/C18H22N2S/c1-14-9-10-17(15(2)11-14)13-20(3)18(21)19-12-16-7-5-4-6-8-16/h4-11H,12-13H2,1-3H3,(H,19,21). The maximum Gasteiger partial charge on any atom is 0.169 e. The van der Waals surface area contributed by atoms with Crippen LogP contribution in [0.5, 0.6) is 0 Å². The van der Waals surface area contributed by atoms with E-state index in [2.05, 4.69) is 54.4 Å². The molecule has 0 unspecified atom stereocenters. The van der Waals surface area contributed by atoms with E-state index in [4.69, 9.17) is 12.2 Å². The maximum atomic E-state index is 5.46. The first-order chi connectivity index (χ1) is 10.1. The van der Waals surface area contributed by atoms with Crippen molar-refractivity contribution in [3.8, 4) is 0 Å². The first-order valence-electron chi connectivity index (χ1n) is 7.15. The summed E-state index contributed by atoms with van der Waals surface area (Å²) in [6.45, 7) is 5.85. The molecule has 2 rings (SSSR count). The van der Waals surface area contributed by atoms with Gasteiger partial charge in [0.2, 0.25) is 0 Å². The number of rotatable bonds is 4. The highest BCUT2D eigenvalue weighted by atomic mass is 32.1. The minimum Gasteiger partial charge on any atom is -0.358 e. The fourth-order valence-electron chi connectivity index (χ4n) is 2.26. The van der Waals surface area contributed by atoms with Gasteiger partial charge in [-0.15, -0.1) is 0 Å². The first-order valence-corrected chi connectivity index (χ1v) is 7.56. The number of benzene rings is 2. The summed E-state index contributed by atoms with van der Waals surface area (Å²) in [6, 6.07) is 16.8. The average Bonchev–Trinajstić information content (AvgIpc) is 2.48. The molecule has 0 aliphatic rings. The monoisotopic (exact) mass is 298 g/mol. The molecule has 0 heterocycles. The molecular formula is C18H22N2S. The molecule has 0 saturated carbocycles. The molecule has 0 aliphatic carbocycles. The van der Waals surface area contributed by atoms with Gasteiger partial charge in [-0.25, -0.2) is 0 Å². The lowest BCUT2D eigenvalue weighted by atomic mass is 10.1. The van der Waals surface area contributed by atoms with Crippen molar-refractivity contribution in [3.05, 3.63) is 70.8 Å². The van der Waals surface area contributed by atoms with Crippen LogP contribution in [-0.2, 0) is 13.1 Å². The molecule has 0 radical (unpaired) electrons. The summed E-state index contributed by atoms with van der Waals surface area (Å²) in [5, 5.41) is 4.08. The van der Waals surface area contributed by atoms with E-state index >= 15 is 0 Å². The van der Waals surface area contributed by atoms with Gasteiger partial charge in [0, 0.05) is 20.1 Å². The molecule has 0 bridgehead atoms. The van der Waals surface area contributed by atoms with Gasteiger partial charge >= 0.3 is 0 Å². The Labute approximate surface area is 132 Å². The van der Waals surface area contributed by atoms with Crippen LogP contribution in [0, 0.1) is 13.8 Å². The molecule has 0 fully saturated rings. The highest BCUT2D eigenvalue weighted by molar-refractivity contribution is 7.80. The Balaban J connectivity index is 1.90. The van der Waals surface area contributed by atoms with Gasteiger partial charge in [-0.05, 0) is 42.8 Å². The summed E-state index contributed by atoms with van der Waals surface area (Å²) in [4.78, 5) is 2.08. The number of nitrogens with zero attached hydrogens (tertiary/aromatic N) is 1. The fraction of sp³-hybridized carbons (Fsp3) is 0.278. The van der Waals surface area contributed by atoms with E-state index in [1.807, 2.05) is 25.2 Å². The van der Waals surface area contributed by atoms with Crippen LogP contribution in [0.2, 0.25) is 0 Å². The van der Waals surface area contributed by atoms with Crippen LogP contribution >= 0.6 is 12.2 Å². The number of hydrogen-bond donors (Lipinski definition) is 1. The van der Waals surface area contributed by atoms with Crippen LogP contribution in [0.15, 0.2) is 48.5 Å². The van der Waals surface area contributed by atoms with Gasteiger partial charge in [-0.3, -0.25) is 0 Å². The molecule has 110 valence electrons. The molecule has 0 amide bonds. The minimum atomic E-state index is 0.761. The SMILES string of the molecule is Cc1ccc(CN(C)C(=S)NCc2ccccc2)c(C)c1. The zero-order valence-corrected chi connectivity index (χ0v) is 13.7. The highest BCUT2D eigenvalue weighted by Gasteiger charge is 2.07. The van der Waals surface area contributed by atoms with Crippen molar-refractivity contribution < 1.29 is 0 Å². The predicted octanol–water partition coefficient (Wildman–Crippen LogP) is 3.81. The topological polar surface area (TPSA) is 15.3 Å². The molecule has 0 atom stereocenters. The second-order valence-corrected chi connectivity index (χ2v) is 5.82. The van der Waals surface area contributed by atoms with E-state index in [1.165, 1.54) is 22.3 Å². The summed E-state index contributed by atoms with van der Waals surface area (Å²) in [6.07, 6.45) is 0. The Morgan fingerprint density at radius 3 is 2.48 bits per heavy atom. The van der Waals surface area contributed by atoms with Gasteiger partial charge in [0.1, 0.15) is 0 Å². The Hall–Kier alpha value is -1.87. The van der Waals surface area contributed by atoms with E-state index in [0.29, 0.717) is 0 Å². The smallest absolute Gasteiger partial charge is 0.169 e. The van der Waals surface area contributed by atoms with Crippen molar-refractivity contribution >= 4 is 17.3 Å². The van der Waals surface area contributed by atoms with Crippen LogP contribution in [0.4, 0.5) is 0 Å². The highest BCUT2D eigenvalue weighted by Crippen LogP contribution is 2.12. The second-order valence-electron chi connectivity index (χ2n) is 5.43. The van der Waals surface area contributed by atoms with Gasteiger partial charge in [0.05, 0.1) is 0 Å². The van der Waals surface area contributed by atoms with Crippen molar-refractivity contribution in [3.63, 3.8) is 0 Å². The largest absolute Gasteiger partial charge is 0.358 e. The fourth-order valence-corrected chi connectivity index (χ4v) is 2.40. The van der Waals surface area contributed by atoms with E-state index in [0.717, 1.165) is 18.2 Å². The number of thiocarbonyl (C=S) groups is 1. The average molecular weight is 298 g/mol. The lowest BCUT2D eigenvalue weighted by Gasteiger charge is -2.22. The summed E-state index contributed by atoms with van der Waals surface area (Å²) >= 11 is 5.46. The summed E-state index contributed by atoms with van der Waals surface area (Å²) < 4.78 is 0. The number of nitrogens with one attached hydrogen (secondary N) is 1. The predicted molar refractivity (Wildman–Crippen MR) is 93.3 cm³/mol.